The molecule has 0 saturated heterocycles. The van der Waals surface area contributed by atoms with Crippen LogP contribution in [0, 0.1) is 0 Å². The predicted octanol–water partition coefficient (Wildman–Crippen LogP) is 4.31. The van der Waals surface area contributed by atoms with Crippen molar-refractivity contribution in [2.45, 2.75) is 41.1 Å². The van der Waals surface area contributed by atoms with Gasteiger partial charge in [0.15, 0.2) is 9.84 Å². The molecule has 0 aliphatic heterocycles. The first-order valence-electron chi connectivity index (χ1n) is 9.11. The highest BCUT2D eigenvalue weighted by Gasteiger charge is 2.31. The molecule has 6 nitrogen and oxygen atoms in total. The second-order valence-corrected chi connectivity index (χ2v) is 12.4. The van der Waals surface area contributed by atoms with Crippen LogP contribution in [0.5, 0.6) is 0 Å². The zero-order chi connectivity index (χ0) is 24.3. The molecule has 0 bridgehead atoms. The molecule has 32 heavy (non-hydrogen) atoms. The van der Waals surface area contributed by atoms with Gasteiger partial charge in [0, 0.05) is 9.79 Å². The van der Waals surface area contributed by atoms with Crippen molar-refractivity contribution in [1.29, 1.82) is 0 Å². The molecule has 0 aliphatic carbocycles. The van der Waals surface area contributed by atoms with Crippen LogP contribution in [0.1, 0.15) is 25.0 Å². The van der Waals surface area contributed by atoms with E-state index in [1.807, 2.05) is 0 Å². The Morgan fingerprint density at radius 2 is 1.69 bits per heavy atom. The van der Waals surface area contributed by atoms with Crippen molar-refractivity contribution >= 4 is 49.1 Å². The van der Waals surface area contributed by atoms with E-state index in [1.165, 1.54) is 38.1 Å². The molecule has 2 aromatic rings. The minimum Gasteiger partial charge on any atom is -0.274 e. The van der Waals surface area contributed by atoms with E-state index in [0.29, 0.717) is 4.90 Å². The number of rotatable bonds is 8. The number of carbonyl (C=O) groups is 1. The predicted molar refractivity (Wildman–Crippen MR) is 116 cm³/mol. The van der Waals surface area contributed by atoms with Gasteiger partial charge >= 0.3 is 6.18 Å². The Balaban J connectivity index is 2.39. The summed E-state index contributed by atoms with van der Waals surface area (Å²) >= 11 is 7.00. The number of benzene rings is 2. The molecule has 13 heteroatoms. The third-order valence-corrected chi connectivity index (χ3v) is 8.68. The maximum absolute atomic E-state index is 13.4. The normalized spacial score (nSPS) is 12.6. The number of nitrogens with one attached hydrogen (secondary N) is 1. The molecule has 0 unspecified atom stereocenters. The number of alkyl halides is 3. The van der Waals surface area contributed by atoms with Gasteiger partial charge in [0.05, 0.1) is 33.4 Å². The first-order valence-corrected chi connectivity index (χ1v) is 13.6. The maximum Gasteiger partial charge on any atom is 0.416 e. The van der Waals surface area contributed by atoms with E-state index in [1.54, 1.807) is 4.72 Å². The summed E-state index contributed by atoms with van der Waals surface area (Å²) < 4.78 is 88.8. The number of hydrogen-bond acceptors (Lipinski definition) is 6. The quantitative estimate of drug-likeness (QED) is 0.547. The van der Waals surface area contributed by atoms with Gasteiger partial charge in [0.25, 0.3) is 0 Å². The number of amides is 1. The van der Waals surface area contributed by atoms with Crippen LogP contribution < -0.4 is 4.72 Å². The minimum atomic E-state index is -4.71. The summed E-state index contributed by atoms with van der Waals surface area (Å²) in [5.41, 5.74) is -1.07. The third kappa shape index (κ3) is 7.12. The van der Waals surface area contributed by atoms with Crippen LogP contribution in [0.4, 0.5) is 13.2 Å². The fraction of sp³-hybridized carbons (Fsp3) is 0.316. The lowest BCUT2D eigenvalue weighted by atomic mass is 10.1. The lowest BCUT2D eigenvalue weighted by Crippen LogP contribution is -2.32. The average molecular weight is 530 g/mol. The highest BCUT2D eigenvalue weighted by Crippen LogP contribution is 2.38. The second-order valence-electron chi connectivity index (χ2n) is 6.57. The molecule has 2 aromatic carbocycles. The summed E-state index contributed by atoms with van der Waals surface area (Å²) in [5.74, 6) is -1.46. The Labute approximate surface area is 193 Å². The smallest absolute Gasteiger partial charge is 0.274 e. The van der Waals surface area contributed by atoms with Crippen LogP contribution in [0.3, 0.4) is 0 Å². The first kappa shape index (κ1) is 26.5. The lowest BCUT2D eigenvalue weighted by Gasteiger charge is -2.13. The Kier molecular flexibility index (Phi) is 8.30. The van der Waals surface area contributed by atoms with Crippen molar-refractivity contribution in [1.82, 2.24) is 4.72 Å². The van der Waals surface area contributed by atoms with Crippen LogP contribution in [0.2, 0.25) is 5.02 Å². The van der Waals surface area contributed by atoms with Gasteiger partial charge in [-0.3, -0.25) is 9.52 Å². The van der Waals surface area contributed by atoms with E-state index in [9.17, 15) is 34.8 Å². The molecule has 1 amide bonds. The SMILES string of the molecule is CCS(=O)(=O)NC(=O)Cc1cc(Sc2ccc(S(=O)(=O)CC)cc2Cl)cc(C(F)(F)F)c1. The molecular formula is C19H19ClF3NO5S3. The van der Waals surface area contributed by atoms with Crippen molar-refractivity contribution in [3.05, 3.63) is 52.5 Å². The fourth-order valence-corrected chi connectivity index (χ4v) is 5.28. The standard InChI is InChI=1S/C19H19ClF3NO5S3/c1-3-31(26,27)15-5-6-17(16(20)11-15)30-14-8-12(7-13(10-14)19(21,22)23)9-18(25)24-32(28,29)4-2/h5-8,10-11H,3-4,9H2,1-2H3,(H,24,25). The topological polar surface area (TPSA) is 97.4 Å². The minimum absolute atomic E-state index is 0.00659. The van der Waals surface area contributed by atoms with E-state index in [-0.39, 0.29) is 31.9 Å². The van der Waals surface area contributed by atoms with Gasteiger partial charge in [-0.15, -0.1) is 0 Å². The Hall–Kier alpha value is -1.76. The van der Waals surface area contributed by atoms with Gasteiger partial charge < -0.3 is 0 Å². The molecule has 2 rings (SSSR count). The van der Waals surface area contributed by atoms with Gasteiger partial charge in [0.1, 0.15) is 0 Å². The van der Waals surface area contributed by atoms with Crippen molar-refractivity contribution in [2.24, 2.45) is 0 Å². The number of carbonyl (C=O) groups excluding carboxylic acids is 1. The molecule has 0 heterocycles. The summed E-state index contributed by atoms with van der Waals surface area (Å²) in [6.07, 6.45) is -5.29. The van der Waals surface area contributed by atoms with Crippen LogP contribution in [0.25, 0.3) is 0 Å². The van der Waals surface area contributed by atoms with Crippen molar-refractivity contribution in [2.75, 3.05) is 11.5 Å². The lowest BCUT2D eigenvalue weighted by molar-refractivity contribution is -0.137. The molecule has 176 valence electrons. The monoisotopic (exact) mass is 529 g/mol. The van der Waals surface area contributed by atoms with Crippen molar-refractivity contribution in [3.63, 3.8) is 0 Å². The van der Waals surface area contributed by atoms with Crippen LogP contribution in [-0.2, 0) is 37.3 Å². The molecule has 0 radical (unpaired) electrons. The van der Waals surface area contributed by atoms with E-state index in [2.05, 4.69) is 0 Å². The first-order chi connectivity index (χ1) is 14.7. The molecule has 0 aromatic heterocycles. The van der Waals surface area contributed by atoms with Crippen molar-refractivity contribution < 1.29 is 34.8 Å². The molecule has 0 atom stereocenters. The molecule has 0 saturated carbocycles. The Bertz CT molecular complexity index is 1230. The van der Waals surface area contributed by atoms with Gasteiger partial charge in [-0.05, 0) is 48.9 Å². The average Bonchev–Trinajstić information content (AvgIpc) is 2.68. The zero-order valence-corrected chi connectivity index (χ0v) is 20.1. The van der Waals surface area contributed by atoms with Crippen LogP contribution >= 0.6 is 23.4 Å². The van der Waals surface area contributed by atoms with Crippen LogP contribution in [0.15, 0.2) is 51.1 Å². The molecule has 0 spiro atoms. The largest absolute Gasteiger partial charge is 0.416 e. The van der Waals surface area contributed by atoms with Gasteiger partial charge in [0.2, 0.25) is 15.9 Å². The third-order valence-electron chi connectivity index (χ3n) is 4.18. The molecule has 0 aliphatic rings. The Morgan fingerprint density at radius 3 is 2.22 bits per heavy atom. The summed E-state index contributed by atoms with van der Waals surface area (Å²) in [7, 11) is -7.36. The second kappa shape index (κ2) is 10.0. The number of hydrogen-bond donors (Lipinski definition) is 1. The van der Waals surface area contributed by atoms with E-state index >= 15 is 0 Å². The number of sulfonamides is 1. The highest BCUT2D eigenvalue weighted by molar-refractivity contribution is 7.99. The van der Waals surface area contributed by atoms with Crippen LogP contribution in [-0.4, -0.2) is 34.2 Å². The molecular weight excluding hydrogens is 511 g/mol. The van der Waals surface area contributed by atoms with Crippen molar-refractivity contribution in [3.8, 4) is 0 Å². The summed E-state index contributed by atoms with van der Waals surface area (Å²) in [6.45, 7) is 2.79. The molecule has 0 fully saturated rings. The Morgan fingerprint density at radius 1 is 1.03 bits per heavy atom. The maximum atomic E-state index is 13.4. The summed E-state index contributed by atoms with van der Waals surface area (Å²) in [6, 6.07) is 6.86. The number of halogens is 4. The fourth-order valence-electron chi connectivity index (χ4n) is 2.50. The van der Waals surface area contributed by atoms with Gasteiger partial charge in [-0.2, -0.15) is 13.2 Å². The number of sulfone groups is 1. The van der Waals surface area contributed by atoms with Gasteiger partial charge in [-0.1, -0.05) is 30.3 Å². The van der Waals surface area contributed by atoms with E-state index < -0.39 is 43.9 Å². The van der Waals surface area contributed by atoms with Gasteiger partial charge in [-0.25, -0.2) is 16.8 Å². The summed E-state index contributed by atoms with van der Waals surface area (Å²) in [4.78, 5) is 12.4. The highest BCUT2D eigenvalue weighted by atomic mass is 35.5. The van der Waals surface area contributed by atoms with E-state index in [0.717, 1.165) is 23.9 Å². The zero-order valence-electron chi connectivity index (χ0n) is 16.9. The van der Waals surface area contributed by atoms with E-state index in [4.69, 9.17) is 11.6 Å². The summed E-state index contributed by atoms with van der Waals surface area (Å²) in [5, 5.41) is 0.0373. The molecule has 1 N–H and O–H groups in total.